The lowest BCUT2D eigenvalue weighted by Gasteiger charge is -2.46. The monoisotopic (exact) mass is 1130 g/mol. The van der Waals surface area contributed by atoms with Crippen molar-refractivity contribution in [2.45, 2.75) is 154 Å². The molecule has 6 aromatic carbocycles. The number of carbonyl (C=O) groups excluding carboxylic acids is 4. The van der Waals surface area contributed by atoms with E-state index in [2.05, 4.69) is 13.8 Å². The minimum Gasteiger partial charge on any atom is -0.494 e. The summed E-state index contributed by atoms with van der Waals surface area (Å²) in [6.45, 7) is 12.1. The van der Waals surface area contributed by atoms with Gasteiger partial charge in [0.2, 0.25) is 0 Å². The topological polar surface area (TPSA) is 170 Å². The molecule has 0 aliphatic carbocycles. The van der Waals surface area contributed by atoms with Gasteiger partial charge in [0, 0.05) is 11.1 Å². The zero-order valence-electron chi connectivity index (χ0n) is 48.6. The molecule has 0 N–H and O–H groups in total. The van der Waals surface area contributed by atoms with E-state index in [9.17, 15) is 19.2 Å². The molecule has 2 heterocycles. The Kier molecular flexibility index (Phi) is 21.7. The molecule has 0 radical (unpaired) electrons. The number of hydrogen-bond donors (Lipinski definition) is 0. The number of carbonyl (C=O) groups is 4. The van der Waals surface area contributed by atoms with E-state index in [1.165, 1.54) is 99.9 Å². The molecule has 2 aliphatic heterocycles. The normalized spacial score (nSPS) is 17.6. The van der Waals surface area contributed by atoms with Crippen molar-refractivity contribution < 1.29 is 71.3 Å². The molecule has 3 unspecified atom stereocenters. The quantitative estimate of drug-likeness (QED) is 0.0180. The summed E-state index contributed by atoms with van der Waals surface area (Å²) in [5.74, 6) is -8.29. The van der Waals surface area contributed by atoms with Crippen LogP contribution in [0.1, 0.15) is 171 Å². The third kappa shape index (κ3) is 16.9. The van der Waals surface area contributed by atoms with E-state index in [1.54, 1.807) is 137 Å². The Balaban J connectivity index is 1.04. The molecular formula is C68H78O15. The van der Waals surface area contributed by atoms with Gasteiger partial charge in [-0.3, -0.25) is 4.74 Å². The van der Waals surface area contributed by atoms with Crippen molar-refractivity contribution in [1.82, 2.24) is 0 Å². The lowest BCUT2D eigenvalue weighted by Crippen LogP contribution is -2.58. The predicted octanol–water partition coefficient (Wildman–Crippen LogP) is 14.6. The van der Waals surface area contributed by atoms with Crippen LogP contribution in [0.3, 0.4) is 0 Å². The van der Waals surface area contributed by atoms with Gasteiger partial charge in [0.05, 0.1) is 48.7 Å². The van der Waals surface area contributed by atoms with Gasteiger partial charge in [-0.25, -0.2) is 19.2 Å². The average molecular weight is 1140 g/mol. The smallest absolute Gasteiger partial charge is 0.343 e. The van der Waals surface area contributed by atoms with Crippen LogP contribution in [0.4, 0.5) is 0 Å². The van der Waals surface area contributed by atoms with E-state index in [-0.39, 0.29) is 35.8 Å². The van der Waals surface area contributed by atoms with Crippen LogP contribution < -0.4 is 18.9 Å². The fraction of sp³-hybridized carbons (Fsp3) is 0.412. The number of unbranched alkanes of at least 4 members (excludes halogenated alkanes) is 10. The standard InChI is InChI=1S/C68H78O15/c1-7-9-11-13-15-23-45-73-55-37-29-49(30-38-55)61(69)77-57-41-33-51(34-42-57)63(71)81-67(53-25-19-17-20-26-53,59-47-75-65(3,4)79-59)83-68(54-27-21-18-22-28-54,60-48-76-66(5,6)80-60)82-64(72)52-35-43-58(44-36-52)78-62(70)50-31-39-56(40-32-50)74-46-24-16-14-12-10-8-2/h17-22,25-44,59-60H,7-16,23-24,45-48H2,1-6H3/t59?,60?,67-,68?/m1/s1. The lowest BCUT2D eigenvalue weighted by molar-refractivity contribution is -0.394. The first-order valence-corrected chi connectivity index (χ1v) is 29.1. The van der Waals surface area contributed by atoms with Crippen LogP contribution in [-0.4, -0.2) is 74.1 Å². The van der Waals surface area contributed by atoms with Crippen molar-refractivity contribution in [3.8, 4) is 23.0 Å². The van der Waals surface area contributed by atoms with Crippen LogP contribution in [0.2, 0.25) is 0 Å². The fourth-order valence-electron chi connectivity index (χ4n) is 9.79. The first-order valence-electron chi connectivity index (χ1n) is 29.1. The number of rotatable bonds is 30. The van der Waals surface area contributed by atoms with E-state index < -0.39 is 59.2 Å². The zero-order valence-corrected chi connectivity index (χ0v) is 48.6. The van der Waals surface area contributed by atoms with Gasteiger partial charge in [-0.05, 0) is 138 Å². The van der Waals surface area contributed by atoms with Crippen LogP contribution in [0.25, 0.3) is 0 Å². The molecule has 4 atom stereocenters. The molecular weight excluding hydrogens is 1060 g/mol. The highest BCUT2D eigenvalue weighted by Gasteiger charge is 2.62. The molecule has 8 rings (SSSR count). The third-order valence-electron chi connectivity index (χ3n) is 14.3. The van der Waals surface area contributed by atoms with Crippen LogP contribution in [0.15, 0.2) is 158 Å². The molecule has 83 heavy (non-hydrogen) atoms. The molecule has 440 valence electrons. The van der Waals surface area contributed by atoms with Crippen LogP contribution in [0, 0.1) is 0 Å². The fourth-order valence-corrected chi connectivity index (χ4v) is 9.79. The van der Waals surface area contributed by atoms with E-state index in [0.29, 0.717) is 47.0 Å². The summed E-state index contributed by atoms with van der Waals surface area (Å²) < 4.78 is 69.7. The SMILES string of the molecule is CCCCCCCCOc1ccc(C(=O)Oc2ccc(C(=O)OC(O[C@](OC(=O)c3ccc(OC(=O)c4ccc(OCCCCCCCC)cc4)cc3)(c3ccccc3)C3COC(C)(C)O3)(c3ccccc3)C3COC(C)(C)O3)cc2)cc1. The summed E-state index contributed by atoms with van der Waals surface area (Å²) >= 11 is 0. The number of esters is 4. The Morgan fingerprint density at radius 2 is 0.723 bits per heavy atom. The predicted molar refractivity (Wildman–Crippen MR) is 311 cm³/mol. The van der Waals surface area contributed by atoms with Crippen molar-refractivity contribution >= 4 is 23.9 Å². The average Bonchev–Trinajstić information content (AvgIpc) is 2.46. The van der Waals surface area contributed by atoms with Gasteiger partial charge in [0.1, 0.15) is 23.0 Å². The van der Waals surface area contributed by atoms with Crippen molar-refractivity contribution in [2.24, 2.45) is 0 Å². The van der Waals surface area contributed by atoms with E-state index in [1.807, 2.05) is 0 Å². The van der Waals surface area contributed by atoms with Crippen LogP contribution >= 0.6 is 0 Å². The number of ether oxygens (including phenoxy) is 11. The molecule has 2 fully saturated rings. The summed E-state index contributed by atoms with van der Waals surface area (Å²) in [6, 6.07) is 42.6. The van der Waals surface area contributed by atoms with Gasteiger partial charge < -0.3 is 47.4 Å². The molecule has 0 spiro atoms. The highest BCUT2D eigenvalue weighted by Crippen LogP contribution is 2.49. The Bertz CT molecular complexity index is 2800. The van der Waals surface area contributed by atoms with E-state index in [0.717, 1.165) is 25.7 Å². The van der Waals surface area contributed by atoms with Crippen molar-refractivity contribution in [3.05, 3.63) is 191 Å². The summed E-state index contributed by atoms with van der Waals surface area (Å²) in [7, 11) is 0. The third-order valence-corrected chi connectivity index (χ3v) is 14.3. The maximum Gasteiger partial charge on any atom is 0.343 e. The molecule has 15 heteroatoms. The van der Waals surface area contributed by atoms with Crippen molar-refractivity contribution in [2.75, 3.05) is 26.4 Å². The van der Waals surface area contributed by atoms with Gasteiger partial charge in [0.25, 0.3) is 11.6 Å². The second-order valence-corrected chi connectivity index (χ2v) is 21.7. The molecule has 15 nitrogen and oxygen atoms in total. The Morgan fingerprint density at radius 3 is 1.05 bits per heavy atom. The highest BCUT2D eigenvalue weighted by atomic mass is 16.9. The second-order valence-electron chi connectivity index (χ2n) is 21.7. The minimum absolute atomic E-state index is 0.0493. The minimum atomic E-state index is -2.29. The molecule has 6 aromatic rings. The maximum atomic E-state index is 15.0. The number of benzene rings is 6. The van der Waals surface area contributed by atoms with Gasteiger partial charge in [0.15, 0.2) is 23.8 Å². The molecule has 0 amide bonds. The van der Waals surface area contributed by atoms with Gasteiger partial charge in [-0.2, -0.15) is 0 Å². The molecule has 2 saturated heterocycles. The Morgan fingerprint density at radius 1 is 0.410 bits per heavy atom. The van der Waals surface area contributed by atoms with E-state index in [4.69, 9.17) is 52.1 Å². The molecule has 0 bridgehead atoms. The summed E-state index contributed by atoms with van der Waals surface area (Å²) in [4.78, 5) is 56.6. The first-order chi connectivity index (χ1) is 40.1. The highest BCUT2D eigenvalue weighted by molar-refractivity contribution is 5.93. The Hall–Kier alpha value is -7.40. The maximum absolute atomic E-state index is 15.0. The molecule has 2 aliphatic rings. The zero-order chi connectivity index (χ0) is 58.7. The lowest BCUT2D eigenvalue weighted by atomic mass is 9.95. The second kappa shape index (κ2) is 29.2. The van der Waals surface area contributed by atoms with Gasteiger partial charge in [-0.15, -0.1) is 0 Å². The largest absolute Gasteiger partial charge is 0.494 e. The Labute approximate surface area is 487 Å². The molecule has 0 aromatic heterocycles. The first kappa shape index (κ1) is 61.7. The van der Waals surface area contributed by atoms with Crippen molar-refractivity contribution in [3.63, 3.8) is 0 Å². The summed E-state index contributed by atoms with van der Waals surface area (Å²) in [6.07, 6.45) is 11.4. The summed E-state index contributed by atoms with van der Waals surface area (Å²) in [5, 5.41) is 0. The van der Waals surface area contributed by atoms with Crippen LogP contribution in [-0.2, 0) is 44.7 Å². The molecule has 0 saturated carbocycles. The summed E-state index contributed by atoms with van der Waals surface area (Å²) in [5.41, 5.74) is 1.31. The van der Waals surface area contributed by atoms with Crippen molar-refractivity contribution in [1.29, 1.82) is 0 Å². The van der Waals surface area contributed by atoms with Crippen LogP contribution in [0.5, 0.6) is 23.0 Å². The van der Waals surface area contributed by atoms with Gasteiger partial charge in [-0.1, -0.05) is 139 Å². The number of hydrogen-bond acceptors (Lipinski definition) is 15. The van der Waals surface area contributed by atoms with Gasteiger partial charge >= 0.3 is 23.9 Å². The van der Waals surface area contributed by atoms with E-state index >= 15 is 0 Å².